The lowest BCUT2D eigenvalue weighted by Crippen LogP contribution is -2.20. The van der Waals surface area contributed by atoms with Crippen LogP contribution in [-0.2, 0) is 4.79 Å². The minimum Gasteiger partial charge on any atom is -0.272 e. The van der Waals surface area contributed by atoms with Gasteiger partial charge in [0.2, 0.25) is 5.91 Å². The highest BCUT2D eigenvalue weighted by Gasteiger charge is 2.08. The summed E-state index contributed by atoms with van der Waals surface area (Å²) in [5.74, 6) is -0.375. The zero-order valence-corrected chi connectivity index (χ0v) is 11.5. The van der Waals surface area contributed by atoms with E-state index >= 15 is 0 Å². The molecule has 1 aliphatic rings. The van der Waals surface area contributed by atoms with E-state index in [9.17, 15) is 9.18 Å². The van der Waals surface area contributed by atoms with Gasteiger partial charge in [0.25, 0.3) is 0 Å². The second kappa shape index (κ2) is 6.52. The Bertz CT molecular complexity index is 540. The zero-order valence-electron chi connectivity index (χ0n) is 10.6. The third-order valence-corrected chi connectivity index (χ3v) is 3.76. The maximum absolute atomic E-state index is 13.3. The van der Waals surface area contributed by atoms with Crippen molar-refractivity contribution in [2.75, 3.05) is 5.75 Å². The predicted octanol–water partition coefficient (Wildman–Crippen LogP) is 3.13. The van der Waals surface area contributed by atoms with Crippen LogP contribution >= 0.6 is 11.8 Å². The molecule has 0 saturated carbocycles. The topological polar surface area (TPSA) is 41.5 Å². The molecule has 1 amide bonds. The van der Waals surface area contributed by atoms with E-state index in [2.05, 4.69) is 10.5 Å². The number of carbonyl (C=O) groups excluding carboxylic acids is 1. The summed E-state index contributed by atoms with van der Waals surface area (Å²) in [4.78, 5) is 12.1. The van der Waals surface area contributed by atoms with Crippen molar-refractivity contribution in [3.63, 3.8) is 0 Å². The fourth-order valence-corrected chi connectivity index (χ4v) is 2.45. The van der Waals surface area contributed by atoms with Crippen LogP contribution < -0.4 is 5.43 Å². The number of thioether (sulfide) groups is 1. The summed E-state index contributed by atoms with van der Waals surface area (Å²) >= 11 is 1.17. The number of amides is 1. The van der Waals surface area contributed by atoms with Crippen molar-refractivity contribution >= 4 is 23.4 Å². The molecule has 0 radical (unpaired) electrons. The molecule has 0 heterocycles. The van der Waals surface area contributed by atoms with Crippen molar-refractivity contribution < 1.29 is 9.18 Å². The summed E-state index contributed by atoms with van der Waals surface area (Å²) in [5, 5.41) is 4.04. The molecule has 0 spiro atoms. The third kappa shape index (κ3) is 4.21. The highest BCUT2D eigenvalue weighted by atomic mass is 32.2. The number of allylic oxidation sites excluding steroid dienone is 2. The highest BCUT2D eigenvalue weighted by Crippen LogP contribution is 2.20. The molecule has 0 unspecified atom stereocenters. The standard InChI is InChI=1S/C14H15FN2OS/c1-10-6-7-11(8-10)16-17-14(18)9-19-13-5-3-2-4-12(13)15/h2-5,8H,6-7,9H2,1H3,(H,17,18)/b16-11+. The molecule has 100 valence electrons. The van der Waals surface area contributed by atoms with Crippen molar-refractivity contribution in [2.45, 2.75) is 24.7 Å². The molecule has 2 rings (SSSR count). The van der Waals surface area contributed by atoms with Crippen LogP contribution in [0.1, 0.15) is 19.8 Å². The van der Waals surface area contributed by atoms with Crippen molar-refractivity contribution in [1.82, 2.24) is 5.43 Å². The molecule has 0 aromatic heterocycles. The van der Waals surface area contributed by atoms with E-state index in [1.807, 2.05) is 13.0 Å². The van der Waals surface area contributed by atoms with Gasteiger partial charge >= 0.3 is 0 Å². The normalized spacial score (nSPS) is 16.5. The van der Waals surface area contributed by atoms with E-state index in [0.717, 1.165) is 18.6 Å². The Morgan fingerprint density at radius 1 is 1.42 bits per heavy atom. The smallest absolute Gasteiger partial charge is 0.250 e. The molecule has 0 atom stereocenters. The average molecular weight is 278 g/mol. The first kappa shape index (κ1) is 13.8. The lowest BCUT2D eigenvalue weighted by molar-refractivity contribution is -0.118. The van der Waals surface area contributed by atoms with E-state index in [4.69, 9.17) is 0 Å². The Labute approximate surface area is 116 Å². The lowest BCUT2D eigenvalue weighted by Gasteiger charge is -2.02. The van der Waals surface area contributed by atoms with E-state index in [-0.39, 0.29) is 17.5 Å². The summed E-state index contributed by atoms with van der Waals surface area (Å²) < 4.78 is 13.3. The minimum atomic E-state index is -0.305. The largest absolute Gasteiger partial charge is 0.272 e. The fourth-order valence-electron chi connectivity index (χ4n) is 1.71. The third-order valence-electron chi connectivity index (χ3n) is 2.71. The van der Waals surface area contributed by atoms with Gasteiger partial charge in [0.05, 0.1) is 11.5 Å². The van der Waals surface area contributed by atoms with Gasteiger partial charge in [0, 0.05) is 4.90 Å². The molecule has 0 bridgehead atoms. The summed E-state index contributed by atoms with van der Waals surface area (Å²) in [7, 11) is 0. The Balaban J connectivity index is 1.81. The molecule has 0 saturated heterocycles. The molecule has 0 aliphatic heterocycles. The summed E-state index contributed by atoms with van der Waals surface area (Å²) in [6, 6.07) is 6.41. The van der Waals surface area contributed by atoms with Crippen LogP contribution in [0, 0.1) is 5.82 Å². The first-order chi connectivity index (χ1) is 9.15. The van der Waals surface area contributed by atoms with Crippen LogP contribution in [0.15, 0.2) is 45.9 Å². The van der Waals surface area contributed by atoms with E-state index < -0.39 is 0 Å². The molecule has 0 fully saturated rings. The Morgan fingerprint density at radius 2 is 2.21 bits per heavy atom. The van der Waals surface area contributed by atoms with Gasteiger partial charge in [-0.2, -0.15) is 5.10 Å². The molecule has 1 N–H and O–H groups in total. The van der Waals surface area contributed by atoms with Gasteiger partial charge < -0.3 is 0 Å². The van der Waals surface area contributed by atoms with Crippen molar-refractivity contribution in [2.24, 2.45) is 5.10 Å². The van der Waals surface area contributed by atoms with E-state index in [0.29, 0.717) is 4.90 Å². The zero-order chi connectivity index (χ0) is 13.7. The Kier molecular flexibility index (Phi) is 4.74. The molecule has 19 heavy (non-hydrogen) atoms. The van der Waals surface area contributed by atoms with Crippen molar-refractivity contribution in [1.29, 1.82) is 0 Å². The maximum Gasteiger partial charge on any atom is 0.250 e. The summed E-state index contributed by atoms with van der Waals surface area (Å²) in [5.41, 5.74) is 4.66. The molecule has 1 aromatic carbocycles. The highest BCUT2D eigenvalue weighted by molar-refractivity contribution is 8.00. The number of halogens is 1. The Morgan fingerprint density at radius 3 is 2.89 bits per heavy atom. The Hall–Kier alpha value is -1.62. The SMILES string of the molecule is CC1=C/C(=N/NC(=O)CSc2ccccc2F)CC1. The number of hydrogen-bond acceptors (Lipinski definition) is 3. The van der Waals surface area contributed by atoms with E-state index in [1.165, 1.54) is 23.4 Å². The van der Waals surface area contributed by atoms with Gasteiger partial charge in [-0.15, -0.1) is 11.8 Å². The first-order valence-corrected chi connectivity index (χ1v) is 7.03. The number of carbonyl (C=O) groups is 1. The van der Waals surface area contributed by atoms with Crippen LogP contribution in [0.5, 0.6) is 0 Å². The molecule has 3 nitrogen and oxygen atoms in total. The van der Waals surface area contributed by atoms with Gasteiger partial charge in [-0.1, -0.05) is 17.7 Å². The van der Waals surface area contributed by atoms with Crippen molar-refractivity contribution in [3.8, 4) is 0 Å². The number of hydrogen-bond donors (Lipinski definition) is 1. The number of nitrogens with one attached hydrogen (secondary N) is 1. The molecular weight excluding hydrogens is 263 g/mol. The van der Waals surface area contributed by atoms with Crippen LogP contribution in [0.25, 0.3) is 0 Å². The minimum absolute atomic E-state index is 0.153. The quantitative estimate of drug-likeness (QED) is 0.679. The number of benzene rings is 1. The van der Waals surface area contributed by atoms with Crippen LogP contribution in [-0.4, -0.2) is 17.4 Å². The molecule has 5 heteroatoms. The number of nitrogens with zero attached hydrogens (tertiary/aromatic N) is 1. The number of hydrazone groups is 1. The first-order valence-electron chi connectivity index (χ1n) is 6.05. The van der Waals surface area contributed by atoms with Gasteiger partial charge in [-0.25, -0.2) is 9.82 Å². The molecule has 1 aliphatic carbocycles. The van der Waals surface area contributed by atoms with Gasteiger partial charge in [0.1, 0.15) is 5.82 Å². The lowest BCUT2D eigenvalue weighted by atomic mass is 10.3. The maximum atomic E-state index is 13.3. The second-order valence-corrected chi connectivity index (χ2v) is 5.37. The van der Waals surface area contributed by atoms with Gasteiger partial charge in [-0.05, 0) is 38.0 Å². The van der Waals surface area contributed by atoms with Crippen molar-refractivity contribution in [3.05, 3.63) is 41.7 Å². The molecule has 1 aromatic rings. The van der Waals surface area contributed by atoms with Crippen LogP contribution in [0.2, 0.25) is 0 Å². The monoisotopic (exact) mass is 278 g/mol. The summed E-state index contributed by atoms with van der Waals surface area (Å²) in [6.45, 7) is 2.04. The van der Waals surface area contributed by atoms with Gasteiger partial charge in [-0.3, -0.25) is 4.79 Å². The summed E-state index contributed by atoms with van der Waals surface area (Å²) in [6.07, 6.45) is 3.84. The average Bonchev–Trinajstić information content (AvgIpc) is 2.81. The fraction of sp³-hybridized carbons (Fsp3) is 0.286. The second-order valence-electron chi connectivity index (χ2n) is 4.35. The van der Waals surface area contributed by atoms with Crippen LogP contribution in [0.3, 0.4) is 0 Å². The van der Waals surface area contributed by atoms with Gasteiger partial charge in [0.15, 0.2) is 0 Å². The van der Waals surface area contributed by atoms with Crippen LogP contribution in [0.4, 0.5) is 4.39 Å². The number of rotatable bonds is 4. The predicted molar refractivity (Wildman–Crippen MR) is 75.7 cm³/mol. The molecular formula is C14H15FN2OS. The van der Waals surface area contributed by atoms with E-state index in [1.54, 1.807) is 18.2 Å².